The highest BCUT2D eigenvalue weighted by molar-refractivity contribution is 5.75. The minimum absolute atomic E-state index is 0.579. The van der Waals surface area contributed by atoms with Gasteiger partial charge in [-0.05, 0) is 24.3 Å². The van der Waals surface area contributed by atoms with E-state index >= 15 is 0 Å². The molecule has 0 amide bonds. The molecule has 1 N–H and O–H groups in total. The third kappa shape index (κ3) is 3.72. The largest absolute Gasteiger partial charge is 0.464 e. The first kappa shape index (κ1) is 15.9. The van der Waals surface area contributed by atoms with Gasteiger partial charge in [-0.3, -0.25) is 4.90 Å². The van der Waals surface area contributed by atoms with E-state index in [1.807, 2.05) is 24.3 Å². The van der Waals surface area contributed by atoms with Gasteiger partial charge in [0.25, 0.3) is 0 Å². The van der Waals surface area contributed by atoms with Gasteiger partial charge >= 0.3 is 0 Å². The van der Waals surface area contributed by atoms with E-state index in [1.165, 1.54) is 0 Å². The van der Waals surface area contributed by atoms with E-state index in [2.05, 4.69) is 20.2 Å². The van der Waals surface area contributed by atoms with Crippen molar-refractivity contribution in [2.24, 2.45) is 0 Å². The second-order valence-electron chi connectivity index (χ2n) is 5.79. The van der Waals surface area contributed by atoms with Gasteiger partial charge in [0, 0.05) is 32.4 Å². The number of hydrogen-bond donors (Lipinski definition) is 1. The molecule has 0 spiro atoms. The number of rotatable bonds is 6. The Morgan fingerprint density at radius 2 is 1.80 bits per heavy atom. The minimum Gasteiger partial charge on any atom is -0.464 e. The molecule has 0 saturated carbocycles. The predicted molar refractivity (Wildman–Crippen MR) is 93.2 cm³/mol. The molecular weight excluding hydrogens is 320 g/mol. The Hall–Kier alpha value is -2.64. The lowest BCUT2D eigenvalue weighted by Crippen LogP contribution is -2.39. The molecule has 1 fully saturated rings. The topological polar surface area (TPSA) is 76.6 Å². The second kappa shape index (κ2) is 7.50. The van der Waals surface area contributed by atoms with Crippen molar-refractivity contribution in [2.45, 2.75) is 0 Å². The SMILES string of the molecule is c1coc(-c2cnc(NCCN3CCOCC3)nc2-c2ccco2)c1. The lowest BCUT2D eigenvalue weighted by Gasteiger charge is -2.26. The fraction of sp³-hybridized carbons (Fsp3) is 0.333. The van der Waals surface area contributed by atoms with Gasteiger partial charge in [-0.15, -0.1) is 0 Å². The highest BCUT2D eigenvalue weighted by Gasteiger charge is 2.16. The van der Waals surface area contributed by atoms with E-state index in [4.69, 9.17) is 13.6 Å². The lowest BCUT2D eigenvalue weighted by atomic mass is 10.1. The van der Waals surface area contributed by atoms with Gasteiger partial charge in [0.15, 0.2) is 5.76 Å². The van der Waals surface area contributed by atoms with Gasteiger partial charge in [-0.25, -0.2) is 9.97 Å². The number of morpholine rings is 1. The van der Waals surface area contributed by atoms with Crippen LogP contribution in [0, 0.1) is 0 Å². The summed E-state index contributed by atoms with van der Waals surface area (Å²) in [6.07, 6.45) is 5.03. The maximum absolute atomic E-state index is 5.53. The summed E-state index contributed by atoms with van der Waals surface area (Å²) in [4.78, 5) is 11.4. The van der Waals surface area contributed by atoms with Crippen LogP contribution in [0.1, 0.15) is 0 Å². The van der Waals surface area contributed by atoms with Crippen LogP contribution in [0.25, 0.3) is 22.8 Å². The van der Waals surface area contributed by atoms with Crippen LogP contribution in [0.3, 0.4) is 0 Å². The van der Waals surface area contributed by atoms with E-state index in [9.17, 15) is 0 Å². The zero-order valence-corrected chi connectivity index (χ0v) is 13.9. The van der Waals surface area contributed by atoms with Crippen molar-refractivity contribution in [1.82, 2.24) is 14.9 Å². The average Bonchev–Trinajstić information content (AvgIpc) is 3.36. The normalized spacial score (nSPS) is 15.4. The minimum atomic E-state index is 0.579. The number of nitrogens with one attached hydrogen (secondary N) is 1. The first-order valence-electron chi connectivity index (χ1n) is 8.39. The van der Waals surface area contributed by atoms with Crippen LogP contribution in [-0.2, 0) is 4.74 Å². The Labute approximate surface area is 145 Å². The molecule has 0 aromatic carbocycles. The van der Waals surface area contributed by atoms with Crippen molar-refractivity contribution in [3.05, 3.63) is 43.0 Å². The van der Waals surface area contributed by atoms with Gasteiger partial charge in [0.1, 0.15) is 11.5 Å². The van der Waals surface area contributed by atoms with Crippen molar-refractivity contribution < 1.29 is 13.6 Å². The van der Waals surface area contributed by atoms with Crippen LogP contribution in [0.2, 0.25) is 0 Å². The first-order valence-corrected chi connectivity index (χ1v) is 8.39. The molecule has 3 aromatic heterocycles. The Morgan fingerprint density at radius 3 is 2.52 bits per heavy atom. The molecule has 0 radical (unpaired) electrons. The molecule has 1 aliphatic heterocycles. The van der Waals surface area contributed by atoms with Crippen LogP contribution < -0.4 is 5.32 Å². The monoisotopic (exact) mass is 340 g/mol. The number of aromatic nitrogens is 2. The smallest absolute Gasteiger partial charge is 0.223 e. The van der Waals surface area contributed by atoms with Gasteiger partial charge < -0.3 is 18.9 Å². The fourth-order valence-electron chi connectivity index (χ4n) is 2.83. The Bertz CT molecular complexity index is 781. The summed E-state index contributed by atoms with van der Waals surface area (Å²) in [6, 6.07) is 7.45. The maximum atomic E-state index is 5.53. The summed E-state index contributed by atoms with van der Waals surface area (Å²) in [5.41, 5.74) is 1.52. The van der Waals surface area contributed by atoms with Crippen molar-refractivity contribution in [2.75, 3.05) is 44.7 Å². The molecule has 4 heterocycles. The quantitative estimate of drug-likeness (QED) is 0.739. The Balaban J connectivity index is 1.50. The van der Waals surface area contributed by atoms with Crippen molar-refractivity contribution in [3.63, 3.8) is 0 Å². The Morgan fingerprint density at radius 1 is 1.04 bits per heavy atom. The van der Waals surface area contributed by atoms with Crippen molar-refractivity contribution in [1.29, 1.82) is 0 Å². The standard InChI is InChI=1S/C18H20N4O3/c1-3-15(24-9-1)14-13-20-18(21-17(14)16-4-2-10-25-16)19-5-6-22-7-11-23-12-8-22/h1-4,9-10,13H,5-8,11-12H2,(H,19,20,21). The predicted octanol–water partition coefficient (Wildman–Crippen LogP) is 2.74. The molecule has 1 saturated heterocycles. The summed E-state index contributed by atoms with van der Waals surface area (Å²) in [6.45, 7) is 5.25. The number of anilines is 1. The van der Waals surface area contributed by atoms with E-state index in [0.29, 0.717) is 23.2 Å². The molecule has 1 aliphatic rings. The van der Waals surface area contributed by atoms with Crippen LogP contribution in [0.5, 0.6) is 0 Å². The summed E-state index contributed by atoms with van der Waals surface area (Å²) in [5, 5.41) is 3.29. The second-order valence-corrected chi connectivity index (χ2v) is 5.79. The highest BCUT2D eigenvalue weighted by Crippen LogP contribution is 2.31. The molecule has 4 rings (SSSR count). The molecule has 0 unspecified atom stereocenters. The molecule has 0 bridgehead atoms. The molecule has 7 heteroatoms. The zero-order chi connectivity index (χ0) is 16.9. The third-order valence-corrected chi connectivity index (χ3v) is 4.14. The number of nitrogens with zero attached hydrogens (tertiary/aromatic N) is 3. The van der Waals surface area contributed by atoms with E-state index in [1.54, 1.807) is 18.7 Å². The molecular formula is C18H20N4O3. The molecule has 130 valence electrons. The van der Waals surface area contributed by atoms with E-state index in [0.717, 1.165) is 45.0 Å². The van der Waals surface area contributed by atoms with E-state index in [-0.39, 0.29) is 0 Å². The van der Waals surface area contributed by atoms with Gasteiger partial charge in [0.2, 0.25) is 5.95 Å². The van der Waals surface area contributed by atoms with Crippen LogP contribution in [-0.4, -0.2) is 54.3 Å². The molecule has 0 aliphatic carbocycles. The van der Waals surface area contributed by atoms with Crippen LogP contribution in [0.4, 0.5) is 5.95 Å². The lowest BCUT2D eigenvalue weighted by molar-refractivity contribution is 0.0398. The fourth-order valence-corrected chi connectivity index (χ4v) is 2.83. The molecule has 25 heavy (non-hydrogen) atoms. The van der Waals surface area contributed by atoms with Gasteiger partial charge in [-0.2, -0.15) is 0 Å². The third-order valence-electron chi connectivity index (χ3n) is 4.14. The Kier molecular flexibility index (Phi) is 4.76. The summed E-state index contributed by atoms with van der Waals surface area (Å²) in [7, 11) is 0. The molecule has 0 atom stereocenters. The summed E-state index contributed by atoms with van der Waals surface area (Å²) in [5.74, 6) is 1.98. The van der Waals surface area contributed by atoms with Crippen molar-refractivity contribution in [3.8, 4) is 22.8 Å². The number of hydrogen-bond acceptors (Lipinski definition) is 7. The molecule has 3 aromatic rings. The van der Waals surface area contributed by atoms with E-state index < -0.39 is 0 Å². The van der Waals surface area contributed by atoms with Gasteiger partial charge in [-0.1, -0.05) is 0 Å². The summed E-state index contributed by atoms with van der Waals surface area (Å²) >= 11 is 0. The first-order chi connectivity index (χ1) is 12.4. The molecule has 7 nitrogen and oxygen atoms in total. The number of ether oxygens (including phenoxy) is 1. The maximum Gasteiger partial charge on any atom is 0.223 e. The zero-order valence-electron chi connectivity index (χ0n) is 13.9. The number of furan rings is 2. The van der Waals surface area contributed by atoms with Crippen LogP contribution in [0.15, 0.2) is 51.8 Å². The van der Waals surface area contributed by atoms with Gasteiger partial charge in [0.05, 0.1) is 31.3 Å². The summed E-state index contributed by atoms with van der Waals surface area (Å²) < 4.78 is 16.4. The average molecular weight is 340 g/mol. The van der Waals surface area contributed by atoms with Crippen LogP contribution >= 0.6 is 0 Å². The van der Waals surface area contributed by atoms with Crippen molar-refractivity contribution >= 4 is 5.95 Å². The highest BCUT2D eigenvalue weighted by atomic mass is 16.5.